The second-order valence-electron chi connectivity index (χ2n) is 5.26. The molecule has 4 atom stereocenters. The summed E-state index contributed by atoms with van der Waals surface area (Å²) in [4.78, 5) is 0. The van der Waals surface area contributed by atoms with Crippen molar-refractivity contribution in [2.24, 2.45) is 0 Å². The topological polar surface area (TPSA) is 27.7 Å². The Morgan fingerprint density at radius 3 is 2.19 bits per heavy atom. The highest BCUT2D eigenvalue weighted by atomic mass is 16.6. The molecule has 3 nitrogen and oxygen atoms in total. The molecule has 0 unspecified atom stereocenters. The average Bonchev–Trinajstić information content (AvgIpc) is 2.44. The van der Waals surface area contributed by atoms with E-state index >= 15 is 0 Å². The summed E-state index contributed by atoms with van der Waals surface area (Å²) in [5, 5.41) is 0. The van der Waals surface area contributed by atoms with Crippen LogP contribution in [0.4, 0.5) is 0 Å². The number of hydrogen-bond acceptors (Lipinski definition) is 3. The van der Waals surface area contributed by atoms with E-state index in [2.05, 4.69) is 27.7 Å². The van der Waals surface area contributed by atoms with Crippen LogP contribution in [-0.4, -0.2) is 36.6 Å². The van der Waals surface area contributed by atoms with Crippen molar-refractivity contribution in [3.8, 4) is 0 Å². The predicted octanol–water partition coefficient (Wildman–Crippen LogP) is 2.77. The van der Waals surface area contributed by atoms with E-state index in [0.717, 1.165) is 6.42 Å². The smallest absolute Gasteiger partial charge is 0.110 e. The van der Waals surface area contributed by atoms with Gasteiger partial charge < -0.3 is 14.2 Å². The van der Waals surface area contributed by atoms with Crippen LogP contribution >= 0.6 is 0 Å². The molecule has 1 aliphatic rings. The van der Waals surface area contributed by atoms with Gasteiger partial charge in [0.15, 0.2) is 0 Å². The Morgan fingerprint density at radius 2 is 1.69 bits per heavy atom. The van der Waals surface area contributed by atoms with Crippen molar-refractivity contribution in [2.75, 3.05) is 0 Å². The Hall–Kier alpha value is -0.120. The minimum absolute atomic E-state index is 0.0693. The summed E-state index contributed by atoms with van der Waals surface area (Å²) in [6.07, 6.45) is 2.04. The Balaban J connectivity index is 2.54. The molecule has 0 aromatic heterocycles. The zero-order chi connectivity index (χ0) is 12.3. The van der Waals surface area contributed by atoms with E-state index < -0.39 is 0 Å². The van der Waals surface area contributed by atoms with Gasteiger partial charge >= 0.3 is 0 Å². The quantitative estimate of drug-likeness (QED) is 0.727. The van der Waals surface area contributed by atoms with Crippen molar-refractivity contribution in [3.05, 3.63) is 0 Å². The minimum atomic E-state index is 0.0693. The number of ether oxygens (including phenoxy) is 3. The fourth-order valence-corrected chi connectivity index (χ4v) is 2.27. The summed E-state index contributed by atoms with van der Waals surface area (Å²) in [6.45, 7) is 12.4. The SMILES string of the molecule is CC(C)O[C@H]1C[C@H](C)O[C@@H]1[C@@H](C)OC(C)C. The molecule has 1 heterocycles. The molecule has 1 saturated heterocycles. The fourth-order valence-electron chi connectivity index (χ4n) is 2.27. The largest absolute Gasteiger partial charge is 0.373 e. The van der Waals surface area contributed by atoms with Crippen LogP contribution in [0.25, 0.3) is 0 Å². The first-order chi connectivity index (χ1) is 7.40. The summed E-state index contributed by atoms with van der Waals surface area (Å²) >= 11 is 0. The number of hydrogen-bond donors (Lipinski definition) is 0. The second-order valence-corrected chi connectivity index (χ2v) is 5.26. The zero-order valence-corrected chi connectivity index (χ0v) is 11.4. The maximum atomic E-state index is 5.89. The molecule has 0 bridgehead atoms. The fraction of sp³-hybridized carbons (Fsp3) is 1.00. The van der Waals surface area contributed by atoms with Crippen LogP contribution < -0.4 is 0 Å². The van der Waals surface area contributed by atoms with Gasteiger partial charge in [-0.05, 0) is 41.5 Å². The van der Waals surface area contributed by atoms with Crippen LogP contribution in [0.2, 0.25) is 0 Å². The third kappa shape index (κ3) is 4.04. The lowest BCUT2D eigenvalue weighted by molar-refractivity contribution is -0.121. The van der Waals surface area contributed by atoms with Crippen molar-refractivity contribution in [2.45, 2.75) is 84.6 Å². The Bertz CT molecular complexity index is 203. The molecule has 0 radical (unpaired) electrons. The molecule has 1 rings (SSSR count). The Morgan fingerprint density at radius 1 is 1.06 bits per heavy atom. The van der Waals surface area contributed by atoms with Crippen LogP contribution in [0.5, 0.6) is 0 Å². The van der Waals surface area contributed by atoms with Gasteiger partial charge in [0.05, 0.1) is 30.5 Å². The van der Waals surface area contributed by atoms with Gasteiger partial charge in [-0.1, -0.05) is 0 Å². The normalized spacial score (nSPS) is 32.6. The van der Waals surface area contributed by atoms with Gasteiger partial charge in [-0.25, -0.2) is 0 Å². The summed E-state index contributed by atoms with van der Waals surface area (Å²) in [6, 6.07) is 0. The molecule has 0 aromatic rings. The van der Waals surface area contributed by atoms with E-state index in [1.54, 1.807) is 0 Å². The van der Waals surface area contributed by atoms with E-state index in [1.807, 2.05) is 13.8 Å². The molecule has 96 valence electrons. The molecular weight excluding hydrogens is 204 g/mol. The highest BCUT2D eigenvalue weighted by Gasteiger charge is 2.38. The van der Waals surface area contributed by atoms with Crippen molar-refractivity contribution in [3.63, 3.8) is 0 Å². The van der Waals surface area contributed by atoms with Gasteiger partial charge in [0, 0.05) is 6.42 Å². The third-order valence-corrected chi connectivity index (χ3v) is 2.72. The van der Waals surface area contributed by atoms with Crippen molar-refractivity contribution >= 4 is 0 Å². The molecule has 1 aliphatic heterocycles. The van der Waals surface area contributed by atoms with Gasteiger partial charge in [-0.3, -0.25) is 0 Å². The molecule has 0 amide bonds. The number of rotatable bonds is 5. The lowest BCUT2D eigenvalue weighted by Gasteiger charge is -2.27. The van der Waals surface area contributed by atoms with Crippen LogP contribution in [-0.2, 0) is 14.2 Å². The van der Waals surface area contributed by atoms with E-state index in [0.29, 0.717) is 0 Å². The molecule has 16 heavy (non-hydrogen) atoms. The molecule has 0 spiro atoms. The van der Waals surface area contributed by atoms with Crippen molar-refractivity contribution < 1.29 is 14.2 Å². The standard InChI is InChI=1S/C13H26O3/c1-8(2)14-11(6)13-12(15-9(3)4)7-10(5)16-13/h8-13H,7H2,1-6H3/t10-,11+,12-,13+/m0/s1. The Labute approximate surface area is 99.5 Å². The summed E-state index contributed by atoms with van der Waals surface area (Å²) in [5.41, 5.74) is 0. The van der Waals surface area contributed by atoms with Gasteiger partial charge in [0.25, 0.3) is 0 Å². The summed E-state index contributed by atoms with van der Waals surface area (Å²) in [5.74, 6) is 0. The first-order valence-corrected chi connectivity index (χ1v) is 6.36. The van der Waals surface area contributed by atoms with Gasteiger partial charge in [0.2, 0.25) is 0 Å². The molecule has 0 aromatic carbocycles. The zero-order valence-electron chi connectivity index (χ0n) is 11.4. The minimum Gasteiger partial charge on any atom is -0.373 e. The van der Waals surface area contributed by atoms with E-state index in [9.17, 15) is 0 Å². The molecule has 0 N–H and O–H groups in total. The Kier molecular flexibility index (Phi) is 5.22. The molecular formula is C13H26O3. The highest BCUT2D eigenvalue weighted by molar-refractivity contribution is 4.86. The van der Waals surface area contributed by atoms with Gasteiger partial charge in [0.1, 0.15) is 6.10 Å². The van der Waals surface area contributed by atoms with E-state index in [1.165, 1.54) is 0 Å². The summed E-state index contributed by atoms with van der Waals surface area (Å²) < 4.78 is 17.6. The van der Waals surface area contributed by atoms with Crippen molar-refractivity contribution in [1.82, 2.24) is 0 Å². The predicted molar refractivity (Wildman–Crippen MR) is 64.6 cm³/mol. The molecule has 0 aliphatic carbocycles. The van der Waals surface area contributed by atoms with Crippen LogP contribution in [0.15, 0.2) is 0 Å². The van der Waals surface area contributed by atoms with E-state index in [-0.39, 0.29) is 36.6 Å². The van der Waals surface area contributed by atoms with Crippen LogP contribution in [0.3, 0.4) is 0 Å². The van der Waals surface area contributed by atoms with Crippen LogP contribution in [0, 0.1) is 0 Å². The molecule has 3 heteroatoms. The van der Waals surface area contributed by atoms with Gasteiger partial charge in [-0.15, -0.1) is 0 Å². The highest BCUT2D eigenvalue weighted by Crippen LogP contribution is 2.27. The lowest BCUT2D eigenvalue weighted by atomic mass is 10.1. The van der Waals surface area contributed by atoms with Gasteiger partial charge in [-0.2, -0.15) is 0 Å². The first kappa shape index (κ1) is 13.9. The van der Waals surface area contributed by atoms with Crippen LogP contribution in [0.1, 0.15) is 48.0 Å². The maximum Gasteiger partial charge on any atom is 0.110 e. The first-order valence-electron chi connectivity index (χ1n) is 6.36. The second kappa shape index (κ2) is 5.99. The lowest BCUT2D eigenvalue weighted by Crippen LogP contribution is -2.38. The summed E-state index contributed by atoms with van der Waals surface area (Å²) in [7, 11) is 0. The average molecular weight is 230 g/mol. The molecule has 1 fully saturated rings. The monoisotopic (exact) mass is 230 g/mol. The maximum absolute atomic E-state index is 5.89. The van der Waals surface area contributed by atoms with Crippen molar-refractivity contribution in [1.29, 1.82) is 0 Å². The third-order valence-electron chi connectivity index (χ3n) is 2.72. The van der Waals surface area contributed by atoms with E-state index in [4.69, 9.17) is 14.2 Å². The molecule has 0 saturated carbocycles.